The summed E-state index contributed by atoms with van der Waals surface area (Å²) in [7, 11) is 1.89. The van der Waals surface area contributed by atoms with Crippen LogP contribution in [0.5, 0.6) is 0 Å². The molecule has 1 aromatic rings. The summed E-state index contributed by atoms with van der Waals surface area (Å²) in [6.07, 6.45) is 2.16. The van der Waals surface area contributed by atoms with E-state index in [4.69, 9.17) is 4.74 Å². The monoisotopic (exact) mass is 264 g/mol. The fourth-order valence-corrected chi connectivity index (χ4v) is 2.38. The summed E-state index contributed by atoms with van der Waals surface area (Å²) in [5.41, 5.74) is 0. The molecule has 0 aliphatic carbocycles. The Morgan fingerprint density at radius 3 is 2.84 bits per heavy atom. The second kappa shape index (κ2) is 6.19. The maximum atomic E-state index is 5.75. The predicted molar refractivity (Wildman–Crippen MR) is 77.8 cm³/mol. The molecule has 1 aromatic heterocycles. The molecule has 5 nitrogen and oxygen atoms in total. The van der Waals surface area contributed by atoms with E-state index in [2.05, 4.69) is 41.0 Å². The summed E-state index contributed by atoms with van der Waals surface area (Å²) in [5.74, 6) is 2.78. The minimum atomic E-state index is 0.251. The zero-order valence-electron chi connectivity index (χ0n) is 12.3. The van der Waals surface area contributed by atoms with Crippen LogP contribution in [0.15, 0.2) is 6.07 Å². The van der Waals surface area contributed by atoms with Crippen LogP contribution in [-0.4, -0.2) is 42.3 Å². The van der Waals surface area contributed by atoms with Crippen molar-refractivity contribution in [1.82, 2.24) is 9.97 Å². The third-order valence-electron chi connectivity index (χ3n) is 3.56. The summed E-state index contributed by atoms with van der Waals surface area (Å²) in [5, 5.41) is 3.12. The zero-order valence-corrected chi connectivity index (χ0v) is 12.3. The van der Waals surface area contributed by atoms with Gasteiger partial charge >= 0.3 is 0 Å². The van der Waals surface area contributed by atoms with Crippen molar-refractivity contribution < 1.29 is 4.74 Å². The molecule has 0 radical (unpaired) electrons. The molecule has 1 fully saturated rings. The van der Waals surface area contributed by atoms with E-state index >= 15 is 0 Å². The molecule has 2 atom stereocenters. The molecule has 0 saturated carbocycles. The van der Waals surface area contributed by atoms with Crippen LogP contribution in [0, 0.1) is 0 Å². The SMILES string of the molecule is CCc1nc(NC)cc(N2CC(C)OCC2CC)n1. The number of ether oxygens (including phenoxy) is 1. The van der Waals surface area contributed by atoms with Crippen LogP contribution >= 0.6 is 0 Å². The van der Waals surface area contributed by atoms with Gasteiger partial charge in [-0.1, -0.05) is 13.8 Å². The molecule has 0 amide bonds. The maximum absolute atomic E-state index is 5.75. The quantitative estimate of drug-likeness (QED) is 0.902. The first-order valence-electron chi connectivity index (χ1n) is 7.11. The molecule has 1 N–H and O–H groups in total. The predicted octanol–water partition coefficient (Wildman–Crippen LogP) is 2.08. The number of aromatic nitrogens is 2. The average Bonchev–Trinajstić information content (AvgIpc) is 2.46. The molecule has 1 aliphatic rings. The van der Waals surface area contributed by atoms with Crippen LogP contribution in [-0.2, 0) is 11.2 Å². The van der Waals surface area contributed by atoms with Crippen LogP contribution in [0.25, 0.3) is 0 Å². The van der Waals surface area contributed by atoms with Crippen molar-refractivity contribution in [2.75, 3.05) is 30.4 Å². The minimum Gasteiger partial charge on any atom is -0.375 e. The van der Waals surface area contributed by atoms with Gasteiger partial charge in [-0.05, 0) is 13.3 Å². The van der Waals surface area contributed by atoms with Crippen molar-refractivity contribution in [2.24, 2.45) is 0 Å². The second-order valence-electron chi connectivity index (χ2n) is 4.99. The van der Waals surface area contributed by atoms with Crippen LogP contribution in [0.4, 0.5) is 11.6 Å². The van der Waals surface area contributed by atoms with E-state index in [-0.39, 0.29) is 6.10 Å². The van der Waals surface area contributed by atoms with Crippen molar-refractivity contribution in [3.8, 4) is 0 Å². The number of aryl methyl sites for hydroxylation is 1. The molecule has 2 rings (SSSR count). The van der Waals surface area contributed by atoms with Crippen molar-refractivity contribution in [2.45, 2.75) is 45.8 Å². The molecule has 0 bridgehead atoms. The van der Waals surface area contributed by atoms with Crippen LogP contribution in [0.3, 0.4) is 0 Å². The smallest absolute Gasteiger partial charge is 0.134 e. The highest BCUT2D eigenvalue weighted by atomic mass is 16.5. The summed E-state index contributed by atoms with van der Waals surface area (Å²) in [6.45, 7) is 8.05. The first-order valence-corrected chi connectivity index (χ1v) is 7.11. The Balaban J connectivity index is 2.31. The van der Waals surface area contributed by atoms with E-state index in [1.165, 1.54) is 0 Å². The average molecular weight is 264 g/mol. The van der Waals surface area contributed by atoms with E-state index in [9.17, 15) is 0 Å². The van der Waals surface area contributed by atoms with Gasteiger partial charge in [0.25, 0.3) is 0 Å². The Bertz CT molecular complexity index is 402. The van der Waals surface area contributed by atoms with Crippen LogP contribution < -0.4 is 10.2 Å². The molecule has 19 heavy (non-hydrogen) atoms. The van der Waals surface area contributed by atoms with Gasteiger partial charge in [-0.3, -0.25) is 0 Å². The van der Waals surface area contributed by atoms with Crippen molar-refractivity contribution in [1.29, 1.82) is 0 Å². The summed E-state index contributed by atoms with van der Waals surface area (Å²) >= 11 is 0. The summed E-state index contributed by atoms with van der Waals surface area (Å²) in [4.78, 5) is 11.5. The largest absolute Gasteiger partial charge is 0.375 e. The number of hydrogen-bond acceptors (Lipinski definition) is 5. The van der Waals surface area contributed by atoms with Gasteiger partial charge in [0.2, 0.25) is 0 Å². The van der Waals surface area contributed by atoms with Gasteiger partial charge in [-0.25, -0.2) is 9.97 Å². The Kier molecular flexibility index (Phi) is 4.58. The normalized spacial score (nSPS) is 23.5. The number of hydrogen-bond donors (Lipinski definition) is 1. The van der Waals surface area contributed by atoms with Gasteiger partial charge in [0.05, 0.1) is 18.8 Å². The van der Waals surface area contributed by atoms with E-state index in [1.54, 1.807) is 0 Å². The van der Waals surface area contributed by atoms with Crippen molar-refractivity contribution in [3.63, 3.8) is 0 Å². The minimum absolute atomic E-state index is 0.251. The van der Waals surface area contributed by atoms with Crippen LogP contribution in [0.1, 0.15) is 33.0 Å². The van der Waals surface area contributed by atoms with Gasteiger partial charge in [0, 0.05) is 26.1 Å². The molecular weight excluding hydrogens is 240 g/mol. The number of morpholine rings is 1. The molecule has 1 aliphatic heterocycles. The lowest BCUT2D eigenvalue weighted by atomic mass is 10.1. The molecule has 0 aromatic carbocycles. The zero-order chi connectivity index (χ0) is 13.8. The van der Waals surface area contributed by atoms with Gasteiger partial charge in [0.15, 0.2) is 0 Å². The Labute approximate surface area is 115 Å². The molecule has 2 unspecified atom stereocenters. The first kappa shape index (κ1) is 14.1. The highest BCUT2D eigenvalue weighted by Crippen LogP contribution is 2.23. The third kappa shape index (κ3) is 3.15. The highest BCUT2D eigenvalue weighted by molar-refractivity contribution is 5.50. The van der Waals surface area contributed by atoms with Crippen molar-refractivity contribution >= 4 is 11.6 Å². The standard InChI is InChI=1S/C14H24N4O/c1-5-11-9-19-10(3)8-18(11)14-7-13(15-4)16-12(6-2)17-14/h7,10-11H,5-6,8-9H2,1-4H3,(H,15,16,17). The lowest BCUT2D eigenvalue weighted by Gasteiger charge is -2.39. The van der Waals surface area contributed by atoms with E-state index in [0.717, 1.165) is 43.5 Å². The topological polar surface area (TPSA) is 50.3 Å². The number of nitrogens with one attached hydrogen (secondary N) is 1. The Morgan fingerprint density at radius 2 is 2.21 bits per heavy atom. The van der Waals surface area contributed by atoms with E-state index < -0.39 is 0 Å². The first-order chi connectivity index (χ1) is 9.17. The third-order valence-corrected chi connectivity index (χ3v) is 3.56. The molecule has 5 heteroatoms. The van der Waals surface area contributed by atoms with E-state index in [0.29, 0.717) is 6.04 Å². The molecule has 106 valence electrons. The Hall–Kier alpha value is -1.36. The fourth-order valence-electron chi connectivity index (χ4n) is 2.38. The molecule has 2 heterocycles. The number of anilines is 2. The summed E-state index contributed by atoms with van der Waals surface area (Å²) in [6, 6.07) is 2.43. The molecule has 1 saturated heterocycles. The van der Waals surface area contributed by atoms with Crippen molar-refractivity contribution in [3.05, 3.63) is 11.9 Å². The van der Waals surface area contributed by atoms with E-state index in [1.807, 2.05) is 13.1 Å². The lowest BCUT2D eigenvalue weighted by molar-refractivity contribution is 0.0296. The Morgan fingerprint density at radius 1 is 1.42 bits per heavy atom. The molecule has 0 spiro atoms. The summed E-state index contributed by atoms with van der Waals surface area (Å²) < 4.78 is 5.75. The van der Waals surface area contributed by atoms with Gasteiger partial charge in [-0.15, -0.1) is 0 Å². The number of nitrogens with zero attached hydrogens (tertiary/aromatic N) is 3. The fraction of sp³-hybridized carbons (Fsp3) is 0.714. The van der Waals surface area contributed by atoms with Gasteiger partial charge in [0.1, 0.15) is 17.5 Å². The maximum Gasteiger partial charge on any atom is 0.134 e. The molecular formula is C14H24N4O. The van der Waals surface area contributed by atoms with Gasteiger partial charge < -0.3 is 15.0 Å². The van der Waals surface area contributed by atoms with Crippen LogP contribution in [0.2, 0.25) is 0 Å². The number of rotatable bonds is 4. The highest BCUT2D eigenvalue weighted by Gasteiger charge is 2.27. The van der Waals surface area contributed by atoms with Gasteiger partial charge in [-0.2, -0.15) is 0 Å². The lowest BCUT2D eigenvalue weighted by Crippen LogP contribution is -2.49. The second-order valence-corrected chi connectivity index (χ2v) is 4.99.